The number of hydrogen-bond acceptors (Lipinski definition) is 7. The van der Waals surface area contributed by atoms with Gasteiger partial charge in [-0.05, 0) is 31.9 Å². The number of benzene rings is 2. The van der Waals surface area contributed by atoms with Crippen molar-refractivity contribution in [2.24, 2.45) is 5.92 Å². The molecule has 1 N–H and O–H groups in total. The smallest absolute Gasteiger partial charge is 0.340 e. The zero-order chi connectivity index (χ0) is 24.2. The molecule has 0 bridgehead atoms. The Bertz CT molecular complexity index is 1130. The number of hydrogen-bond donors (Lipinski definition) is 1. The molecule has 1 amide bonds. The van der Waals surface area contributed by atoms with Gasteiger partial charge in [0, 0.05) is 25.2 Å². The quantitative estimate of drug-likeness (QED) is 0.612. The Kier molecular flexibility index (Phi) is 7.60. The topological polar surface area (TPSA) is 111 Å². The highest BCUT2D eigenvalue weighted by Crippen LogP contribution is 2.34. The molecule has 0 saturated carbocycles. The van der Waals surface area contributed by atoms with Crippen molar-refractivity contribution >= 4 is 27.6 Å². The number of nitrogens with zero attached hydrogens (tertiary/aromatic N) is 1. The molecular formula is C23H28N2O7S. The standard InChI is InChI=1S/C23H28N2O7S/c1-15-7-9-17(10-8-15)33(28,29)25-11-5-6-16(14-25)22(26)24-19-13-21(31-3)20(30-2)12-18(19)23(27)32-4/h7-10,12-13,16H,5-6,11,14H2,1-4H3,(H,24,26)/t16-/m1/s1. The fraction of sp³-hybridized carbons (Fsp3) is 0.391. The first kappa shape index (κ1) is 24.5. The number of rotatable bonds is 7. The van der Waals surface area contributed by atoms with Gasteiger partial charge in [-0.15, -0.1) is 0 Å². The number of carbonyl (C=O) groups is 2. The van der Waals surface area contributed by atoms with Crippen LogP contribution in [0.15, 0.2) is 41.3 Å². The summed E-state index contributed by atoms with van der Waals surface area (Å²) in [5.41, 5.74) is 1.26. The fourth-order valence-corrected chi connectivity index (χ4v) is 5.25. The Morgan fingerprint density at radius 1 is 1.03 bits per heavy atom. The van der Waals surface area contributed by atoms with Crippen LogP contribution in [0.2, 0.25) is 0 Å². The van der Waals surface area contributed by atoms with Crippen molar-refractivity contribution < 1.29 is 32.2 Å². The van der Waals surface area contributed by atoms with Gasteiger partial charge in [0.1, 0.15) is 0 Å². The molecule has 0 aromatic heterocycles. The van der Waals surface area contributed by atoms with E-state index >= 15 is 0 Å². The van der Waals surface area contributed by atoms with Crippen molar-refractivity contribution in [1.82, 2.24) is 4.31 Å². The summed E-state index contributed by atoms with van der Waals surface area (Å²) < 4.78 is 42.8. The third kappa shape index (κ3) is 5.28. The van der Waals surface area contributed by atoms with Gasteiger partial charge in [-0.3, -0.25) is 4.79 Å². The van der Waals surface area contributed by atoms with Crippen molar-refractivity contribution in [2.75, 3.05) is 39.7 Å². The van der Waals surface area contributed by atoms with Crippen molar-refractivity contribution in [2.45, 2.75) is 24.7 Å². The summed E-state index contributed by atoms with van der Waals surface area (Å²) in [6.07, 6.45) is 1.06. The summed E-state index contributed by atoms with van der Waals surface area (Å²) in [5, 5.41) is 2.74. The van der Waals surface area contributed by atoms with Gasteiger partial charge in [0.25, 0.3) is 0 Å². The highest BCUT2D eigenvalue weighted by Gasteiger charge is 2.34. The average molecular weight is 477 g/mol. The summed E-state index contributed by atoms with van der Waals surface area (Å²) in [6.45, 7) is 2.26. The van der Waals surface area contributed by atoms with Crippen LogP contribution in [0, 0.1) is 12.8 Å². The number of carbonyl (C=O) groups excluding carboxylic acids is 2. The Balaban J connectivity index is 1.83. The number of ether oxygens (including phenoxy) is 3. The number of nitrogens with one attached hydrogen (secondary N) is 1. The van der Waals surface area contributed by atoms with Crippen molar-refractivity contribution in [3.63, 3.8) is 0 Å². The molecular weight excluding hydrogens is 448 g/mol. The van der Waals surface area contributed by atoms with Crippen LogP contribution in [0.25, 0.3) is 0 Å². The second-order valence-corrected chi connectivity index (χ2v) is 9.69. The van der Waals surface area contributed by atoms with E-state index in [1.54, 1.807) is 24.3 Å². The molecule has 1 atom stereocenters. The number of aryl methyl sites for hydroxylation is 1. The molecule has 0 aliphatic carbocycles. The number of esters is 1. The normalized spacial score (nSPS) is 16.7. The minimum Gasteiger partial charge on any atom is -0.493 e. The Hall–Kier alpha value is -3.11. The van der Waals surface area contributed by atoms with Crippen LogP contribution >= 0.6 is 0 Å². The van der Waals surface area contributed by atoms with Gasteiger partial charge in [0.2, 0.25) is 15.9 Å². The van der Waals surface area contributed by atoms with Gasteiger partial charge in [0.05, 0.1) is 43.4 Å². The molecule has 9 nitrogen and oxygen atoms in total. The Labute approximate surface area is 193 Å². The van der Waals surface area contributed by atoms with Crippen LogP contribution in [-0.2, 0) is 19.6 Å². The van der Waals surface area contributed by atoms with E-state index in [-0.39, 0.29) is 22.7 Å². The lowest BCUT2D eigenvalue weighted by molar-refractivity contribution is -0.120. The molecule has 10 heteroatoms. The zero-order valence-electron chi connectivity index (χ0n) is 19.1. The van der Waals surface area contributed by atoms with E-state index in [9.17, 15) is 18.0 Å². The largest absolute Gasteiger partial charge is 0.493 e. The van der Waals surface area contributed by atoms with Crippen LogP contribution < -0.4 is 14.8 Å². The number of methoxy groups -OCH3 is 3. The van der Waals surface area contributed by atoms with E-state index in [1.807, 2.05) is 6.92 Å². The minimum atomic E-state index is -3.72. The number of sulfonamides is 1. The highest BCUT2D eigenvalue weighted by molar-refractivity contribution is 7.89. The second-order valence-electron chi connectivity index (χ2n) is 7.75. The molecule has 1 aliphatic rings. The van der Waals surface area contributed by atoms with Crippen molar-refractivity contribution in [3.05, 3.63) is 47.5 Å². The van der Waals surface area contributed by atoms with Gasteiger partial charge >= 0.3 is 5.97 Å². The third-order valence-electron chi connectivity index (χ3n) is 5.60. The van der Waals surface area contributed by atoms with E-state index in [0.717, 1.165) is 5.56 Å². The second kappa shape index (κ2) is 10.2. The molecule has 178 valence electrons. The van der Waals surface area contributed by atoms with Crippen molar-refractivity contribution in [1.29, 1.82) is 0 Å². The Morgan fingerprint density at radius 2 is 1.67 bits per heavy atom. The van der Waals surface area contributed by atoms with Gasteiger partial charge in [-0.25, -0.2) is 13.2 Å². The lowest BCUT2D eigenvalue weighted by Crippen LogP contribution is -2.43. The SMILES string of the molecule is COC(=O)c1cc(OC)c(OC)cc1NC(=O)[C@@H]1CCCN(S(=O)(=O)c2ccc(C)cc2)C1. The molecule has 1 fully saturated rings. The molecule has 0 radical (unpaired) electrons. The summed E-state index contributed by atoms with van der Waals surface area (Å²) >= 11 is 0. The van der Waals surface area contributed by atoms with Crippen LogP contribution in [0.3, 0.4) is 0 Å². The number of piperidine rings is 1. The highest BCUT2D eigenvalue weighted by atomic mass is 32.2. The molecule has 1 heterocycles. The molecule has 3 rings (SSSR count). The number of anilines is 1. The third-order valence-corrected chi connectivity index (χ3v) is 7.48. The summed E-state index contributed by atoms with van der Waals surface area (Å²) in [5.74, 6) is -0.996. The lowest BCUT2D eigenvalue weighted by atomic mass is 9.98. The van der Waals surface area contributed by atoms with E-state index < -0.39 is 27.8 Å². The maximum atomic E-state index is 13.1. The Morgan fingerprint density at radius 3 is 2.27 bits per heavy atom. The predicted molar refractivity (Wildman–Crippen MR) is 122 cm³/mol. The monoisotopic (exact) mass is 476 g/mol. The fourth-order valence-electron chi connectivity index (χ4n) is 3.73. The van der Waals surface area contributed by atoms with E-state index in [0.29, 0.717) is 30.9 Å². The van der Waals surface area contributed by atoms with Crippen molar-refractivity contribution in [3.8, 4) is 11.5 Å². The molecule has 1 saturated heterocycles. The first-order valence-electron chi connectivity index (χ1n) is 10.4. The van der Waals surface area contributed by atoms with Gasteiger partial charge < -0.3 is 19.5 Å². The van der Waals surface area contributed by atoms with E-state index in [1.165, 1.54) is 37.8 Å². The van der Waals surface area contributed by atoms with Crippen LogP contribution in [0.4, 0.5) is 5.69 Å². The maximum absolute atomic E-state index is 13.1. The molecule has 2 aromatic carbocycles. The lowest BCUT2D eigenvalue weighted by Gasteiger charge is -2.31. The van der Waals surface area contributed by atoms with Gasteiger partial charge in [-0.1, -0.05) is 17.7 Å². The molecule has 0 unspecified atom stereocenters. The average Bonchev–Trinajstić information content (AvgIpc) is 2.83. The van der Waals surface area contributed by atoms with Crippen LogP contribution in [-0.4, -0.2) is 59.0 Å². The van der Waals surface area contributed by atoms with Gasteiger partial charge in [-0.2, -0.15) is 4.31 Å². The predicted octanol–water partition coefficient (Wildman–Crippen LogP) is 2.84. The summed E-state index contributed by atoms with van der Waals surface area (Å²) in [6, 6.07) is 9.53. The first-order chi connectivity index (χ1) is 15.7. The summed E-state index contributed by atoms with van der Waals surface area (Å²) in [4.78, 5) is 25.5. The maximum Gasteiger partial charge on any atom is 0.340 e. The molecule has 33 heavy (non-hydrogen) atoms. The van der Waals surface area contributed by atoms with E-state index in [2.05, 4.69) is 5.32 Å². The first-order valence-corrected chi connectivity index (χ1v) is 11.9. The summed E-state index contributed by atoms with van der Waals surface area (Å²) in [7, 11) is 0.389. The minimum absolute atomic E-state index is 0.0445. The molecule has 0 spiro atoms. The van der Waals surface area contributed by atoms with Crippen LogP contribution in [0.5, 0.6) is 11.5 Å². The zero-order valence-corrected chi connectivity index (χ0v) is 19.9. The molecule has 2 aromatic rings. The number of amides is 1. The van der Waals surface area contributed by atoms with E-state index in [4.69, 9.17) is 14.2 Å². The molecule has 1 aliphatic heterocycles. The van der Waals surface area contributed by atoms with Gasteiger partial charge in [0.15, 0.2) is 11.5 Å². The van der Waals surface area contributed by atoms with Crippen LogP contribution in [0.1, 0.15) is 28.8 Å².